The Morgan fingerprint density at radius 1 is 1.54 bits per heavy atom. The monoisotopic (exact) mass is 185 g/mol. The van der Waals surface area contributed by atoms with Crippen LogP contribution in [0, 0.1) is 12.7 Å². The van der Waals surface area contributed by atoms with Gasteiger partial charge in [-0.25, -0.2) is 9.87 Å². The van der Waals surface area contributed by atoms with E-state index in [2.05, 4.69) is 0 Å². The van der Waals surface area contributed by atoms with Gasteiger partial charge in [-0.2, -0.15) is 0 Å². The fourth-order valence-electron chi connectivity index (χ4n) is 1.11. The lowest BCUT2D eigenvalue weighted by Crippen LogP contribution is -2.08. The van der Waals surface area contributed by atoms with Crippen molar-refractivity contribution in [2.45, 2.75) is 13.5 Å². The molecule has 0 saturated heterocycles. The fourth-order valence-corrected chi connectivity index (χ4v) is 1.11. The van der Waals surface area contributed by atoms with E-state index in [1.54, 1.807) is 13.0 Å². The zero-order valence-corrected chi connectivity index (χ0v) is 7.60. The molecule has 0 bridgehead atoms. The van der Waals surface area contributed by atoms with Gasteiger partial charge in [-0.15, -0.1) is 0 Å². The first-order chi connectivity index (χ1) is 6.19. The number of aryl methyl sites for hydroxylation is 1. The first-order valence-corrected chi connectivity index (χ1v) is 3.89. The lowest BCUT2D eigenvalue weighted by molar-refractivity contribution is 0.160. The minimum Gasteiger partial charge on any atom is -0.496 e. The summed E-state index contributed by atoms with van der Waals surface area (Å²) < 4.78 is 18.1. The molecular weight excluding hydrogens is 173 g/mol. The molecule has 1 rings (SSSR count). The molecule has 2 N–H and O–H groups in total. The zero-order chi connectivity index (χ0) is 9.84. The molecule has 13 heavy (non-hydrogen) atoms. The molecule has 0 radical (unpaired) electrons. The highest BCUT2D eigenvalue weighted by atomic mass is 19.1. The summed E-state index contributed by atoms with van der Waals surface area (Å²) in [6, 6.07) is 2.94. The van der Waals surface area contributed by atoms with Gasteiger partial charge in [0.2, 0.25) is 0 Å². The molecule has 1 aromatic rings. The van der Waals surface area contributed by atoms with Crippen LogP contribution in [0.5, 0.6) is 5.75 Å². The maximum Gasteiger partial charge on any atom is 0.126 e. The lowest BCUT2D eigenvalue weighted by Gasteiger charge is -2.09. The molecule has 4 heteroatoms. The predicted molar refractivity (Wildman–Crippen MR) is 46.3 cm³/mol. The van der Waals surface area contributed by atoms with Crippen LogP contribution < -0.4 is 10.2 Å². The van der Waals surface area contributed by atoms with E-state index in [4.69, 9.17) is 9.94 Å². The van der Waals surface area contributed by atoms with Crippen LogP contribution in [0.15, 0.2) is 12.1 Å². The molecule has 0 aromatic heterocycles. The van der Waals surface area contributed by atoms with Gasteiger partial charge >= 0.3 is 0 Å². The summed E-state index contributed by atoms with van der Waals surface area (Å²) in [5.41, 5.74) is 3.08. The molecular formula is C9H12FNO2. The van der Waals surface area contributed by atoms with Crippen LogP contribution in [0.2, 0.25) is 0 Å². The number of halogens is 1. The van der Waals surface area contributed by atoms with Crippen molar-refractivity contribution in [2.24, 2.45) is 0 Å². The Morgan fingerprint density at radius 3 is 2.77 bits per heavy atom. The van der Waals surface area contributed by atoms with Gasteiger partial charge in [-0.05, 0) is 24.6 Å². The van der Waals surface area contributed by atoms with E-state index in [0.29, 0.717) is 16.9 Å². The molecule has 0 amide bonds. The second kappa shape index (κ2) is 4.20. The second-order valence-corrected chi connectivity index (χ2v) is 2.75. The zero-order valence-electron chi connectivity index (χ0n) is 7.60. The molecule has 0 spiro atoms. The Hall–Kier alpha value is -1.13. The van der Waals surface area contributed by atoms with Crippen molar-refractivity contribution in [3.8, 4) is 5.75 Å². The van der Waals surface area contributed by atoms with Crippen molar-refractivity contribution in [2.75, 3.05) is 7.11 Å². The fraction of sp³-hybridized carbons (Fsp3) is 0.333. The summed E-state index contributed by atoms with van der Waals surface area (Å²) in [6.07, 6.45) is 0. The smallest absolute Gasteiger partial charge is 0.126 e. The molecule has 0 heterocycles. The van der Waals surface area contributed by atoms with E-state index >= 15 is 0 Å². The van der Waals surface area contributed by atoms with Crippen molar-refractivity contribution >= 4 is 0 Å². The topological polar surface area (TPSA) is 41.5 Å². The predicted octanol–water partition coefficient (Wildman–Crippen LogP) is 1.62. The summed E-state index contributed by atoms with van der Waals surface area (Å²) in [5, 5.41) is 8.47. The minimum atomic E-state index is -0.300. The second-order valence-electron chi connectivity index (χ2n) is 2.75. The van der Waals surface area contributed by atoms with Crippen LogP contribution in [0.4, 0.5) is 4.39 Å². The van der Waals surface area contributed by atoms with Crippen molar-refractivity contribution < 1.29 is 14.3 Å². The van der Waals surface area contributed by atoms with Gasteiger partial charge in [0.25, 0.3) is 0 Å². The highest BCUT2D eigenvalue weighted by Crippen LogP contribution is 2.22. The lowest BCUT2D eigenvalue weighted by atomic mass is 10.1. The van der Waals surface area contributed by atoms with E-state index in [-0.39, 0.29) is 12.4 Å². The van der Waals surface area contributed by atoms with Crippen LogP contribution in [0.25, 0.3) is 0 Å². The number of hydrogen-bond acceptors (Lipinski definition) is 3. The number of hydroxylamine groups is 1. The number of hydrogen-bond donors (Lipinski definition) is 2. The highest BCUT2D eigenvalue weighted by Gasteiger charge is 2.06. The summed E-state index contributed by atoms with van der Waals surface area (Å²) in [7, 11) is 1.51. The number of nitrogens with one attached hydrogen (secondary N) is 1. The third-order valence-corrected chi connectivity index (χ3v) is 1.83. The first kappa shape index (κ1) is 9.95. The van der Waals surface area contributed by atoms with Crippen molar-refractivity contribution in [1.82, 2.24) is 5.48 Å². The van der Waals surface area contributed by atoms with Crippen molar-refractivity contribution in [3.63, 3.8) is 0 Å². The average Bonchev–Trinajstić information content (AvgIpc) is 2.11. The van der Waals surface area contributed by atoms with Crippen molar-refractivity contribution in [1.29, 1.82) is 0 Å². The quantitative estimate of drug-likeness (QED) is 0.703. The van der Waals surface area contributed by atoms with Gasteiger partial charge in [0, 0.05) is 12.1 Å². The van der Waals surface area contributed by atoms with Crippen LogP contribution in [0.3, 0.4) is 0 Å². The van der Waals surface area contributed by atoms with E-state index in [1.165, 1.54) is 13.2 Å². The molecule has 0 fully saturated rings. The molecule has 1 aromatic carbocycles. The van der Waals surface area contributed by atoms with Gasteiger partial charge in [-0.1, -0.05) is 0 Å². The Kier molecular flexibility index (Phi) is 3.22. The molecule has 0 aliphatic heterocycles. The van der Waals surface area contributed by atoms with E-state index in [9.17, 15) is 4.39 Å². The van der Waals surface area contributed by atoms with Gasteiger partial charge in [0.1, 0.15) is 11.6 Å². The number of methoxy groups -OCH3 is 1. The first-order valence-electron chi connectivity index (χ1n) is 3.89. The average molecular weight is 185 g/mol. The molecule has 0 saturated carbocycles. The molecule has 0 aliphatic carbocycles. The third kappa shape index (κ3) is 2.17. The van der Waals surface area contributed by atoms with Crippen molar-refractivity contribution in [3.05, 3.63) is 29.1 Å². The molecule has 0 unspecified atom stereocenters. The minimum absolute atomic E-state index is 0.167. The van der Waals surface area contributed by atoms with Gasteiger partial charge < -0.3 is 9.94 Å². The summed E-state index contributed by atoms with van der Waals surface area (Å²) in [4.78, 5) is 0. The normalized spacial score (nSPS) is 10.2. The van der Waals surface area contributed by atoms with Crippen LogP contribution >= 0.6 is 0 Å². The van der Waals surface area contributed by atoms with E-state index < -0.39 is 0 Å². The van der Waals surface area contributed by atoms with Crippen LogP contribution in [-0.2, 0) is 6.54 Å². The largest absolute Gasteiger partial charge is 0.496 e. The van der Waals surface area contributed by atoms with Crippen LogP contribution in [-0.4, -0.2) is 12.3 Å². The van der Waals surface area contributed by atoms with E-state index in [1.807, 2.05) is 5.48 Å². The van der Waals surface area contributed by atoms with Gasteiger partial charge in [0.15, 0.2) is 0 Å². The third-order valence-electron chi connectivity index (χ3n) is 1.83. The molecule has 0 atom stereocenters. The summed E-state index contributed by atoms with van der Waals surface area (Å²) in [5.74, 6) is 0.270. The Labute approximate surface area is 76.1 Å². The maximum absolute atomic E-state index is 13.1. The molecule has 72 valence electrons. The van der Waals surface area contributed by atoms with Gasteiger partial charge in [0.05, 0.1) is 7.11 Å². The van der Waals surface area contributed by atoms with E-state index in [0.717, 1.165) is 0 Å². The molecule has 3 nitrogen and oxygen atoms in total. The summed E-state index contributed by atoms with van der Waals surface area (Å²) >= 11 is 0. The highest BCUT2D eigenvalue weighted by molar-refractivity contribution is 5.37. The van der Waals surface area contributed by atoms with Gasteiger partial charge in [-0.3, -0.25) is 0 Å². The number of benzene rings is 1. The Bertz CT molecular complexity index is 302. The maximum atomic E-state index is 13.1. The molecule has 0 aliphatic rings. The Balaban J connectivity index is 3.09. The number of ether oxygens (including phenoxy) is 1. The standard InChI is InChI=1S/C9H12FNO2/c1-6-3-9(13-2)7(5-11-12)4-8(6)10/h3-4,11-12H,5H2,1-2H3. The van der Waals surface area contributed by atoms with Crippen LogP contribution in [0.1, 0.15) is 11.1 Å². The number of rotatable bonds is 3. The Morgan fingerprint density at radius 2 is 2.23 bits per heavy atom. The SMILES string of the molecule is COc1cc(C)c(F)cc1CNO. The summed E-state index contributed by atoms with van der Waals surface area (Å²) in [6.45, 7) is 1.83.